The third-order valence-corrected chi connectivity index (χ3v) is 8.98. The molecule has 0 radical (unpaired) electrons. The van der Waals surface area contributed by atoms with Crippen LogP contribution >= 0.6 is 23.2 Å². The maximum absolute atomic E-state index is 14.1. The summed E-state index contributed by atoms with van der Waals surface area (Å²) in [6.07, 6.45) is 1.10. The molecular weight excluding hydrogens is 569 g/mol. The molecule has 0 aliphatic carbocycles. The van der Waals surface area contributed by atoms with E-state index in [2.05, 4.69) is 5.32 Å². The van der Waals surface area contributed by atoms with Crippen LogP contribution < -0.4 is 9.62 Å². The molecular formula is C30H35Cl2N3O4S. The summed E-state index contributed by atoms with van der Waals surface area (Å²) in [4.78, 5) is 28.7. The van der Waals surface area contributed by atoms with E-state index in [4.69, 9.17) is 23.2 Å². The third kappa shape index (κ3) is 7.77. The minimum atomic E-state index is -4.19. The number of hydrogen-bond donors (Lipinski definition) is 1. The van der Waals surface area contributed by atoms with Crippen molar-refractivity contribution in [1.82, 2.24) is 10.2 Å². The Morgan fingerprint density at radius 3 is 2.20 bits per heavy atom. The lowest BCUT2D eigenvalue weighted by Gasteiger charge is -2.33. The van der Waals surface area contributed by atoms with Gasteiger partial charge in [-0.3, -0.25) is 13.9 Å². The van der Waals surface area contributed by atoms with Crippen LogP contribution in [0.2, 0.25) is 10.0 Å². The number of sulfonamides is 1. The summed E-state index contributed by atoms with van der Waals surface area (Å²) in [5.41, 5.74) is 2.91. The molecule has 10 heteroatoms. The molecule has 0 aromatic heterocycles. The zero-order valence-electron chi connectivity index (χ0n) is 23.2. The highest BCUT2D eigenvalue weighted by Gasteiger charge is 2.33. The maximum Gasteiger partial charge on any atom is 0.264 e. The first-order chi connectivity index (χ1) is 19.0. The van der Waals surface area contributed by atoms with Crippen LogP contribution in [0.5, 0.6) is 0 Å². The first kappa shape index (κ1) is 31.5. The highest BCUT2D eigenvalue weighted by molar-refractivity contribution is 7.92. The summed E-state index contributed by atoms with van der Waals surface area (Å²) in [5.74, 6) is -0.811. The Morgan fingerprint density at radius 2 is 1.60 bits per heavy atom. The zero-order chi connectivity index (χ0) is 29.4. The molecule has 0 fully saturated rings. The van der Waals surface area contributed by atoms with Gasteiger partial charge < -0.3 is 10.2 Å². The Hall–Kier alpha value is -3.07. The van der Waals surface area contributed by atoms with Crippen LogP contribution in [0.1, 0.15) is 43.4 Å². The van der Waals surface area contributed by atoms with E-state index in [0.29, 0.717) is 13.0 Å². The van der Waals surface area contributed by atoms with Gasteiger partial charge in [0.1, 0.15) is 12.6 Å². The molecule has 3 aromatic carbocycles. The number of aryl methyl sites for hydroxylation is 2. The van der Waals surface area contributed by atoms with Crippen LogP contribution in [-0.2, 0) is 26.2 Å². The van der Waals surface area contributed by atoms with Gasteiger partial charge in [0.15, 0.2) is 0 Å². The Balaban J connectivity index is 2.08. The maximum atomic E-state index is 14.1. The van der Waals surface area contributed by atoms with E-state index in [1.807, 2.05) is 52.0 Å². The smallest absolute Gasteiger partial charge is 0.264 e. The molecule has 0 spiro atoms. The van der Waals surface area contributed by atoms with E-state index >= 15 is 0 Å². The predicted octanol–water partition coefficient (Wildman–Crippen LogP) is 6.14. The van der Waals surface area contributed by atoms with E-state index in [9.17, 15) is 18.0 Å². The van der Waals surface area contributed by atoms with Gasteiger partial charge >= 0.3 is 0 Å². The Bertz CT molecular complexity index is 1450. The molecule has 214 valence electrons. The second kappa shape index (κ2) is 14.0. The van der Waals surface area contributed by atoms with Crippen molar-refractivity contribution >= 4 is 50.7 Å². The molecule has 40 heavy (non-hydrogen) atoms. The van der Waals surface area contributed by atoms with Crippen molar-refractivity contribution in [2.24, 2.45) is 0 Å². The molecule has 0 heterocycles. The second-order valence-electron chi connectivity index (χ2n) is 9.65. The Labute approximate surface area is 247 Å². The van der Waals surface area contributed by atoms with Gasteiger partial charge in [0.25, 0.3) is 10.0 Å². The Morgan fingerprint density at radius 1 is 0.900 bits per heavy atom. The number of carbonyl (C=O) groups is 2. The lowest BCUT2D eigenvalue weighted by Crippen LogP contribution is -2.52. The molecule has 7 nitrogen and oxygen atoms in total. The highest BCUT2D eigenvalue weighted by Crippen LogP contribution is 2.31. The predicted molar refractivity (Wildman–Crippen MR) is 161 cm³/mol. The number of amides is 2. The number of anilines is 1. The van der Waals surface area contributed by atoms with Gasteiger partial charge in [-0.2, -0.15) is 0 Å². The highest BCUT2D eigenvalue weighted by atomic mass is 35.5. The van der Waals surface area contributed by atoms with Crippen molar-refractivity contribution in [3.05, 3.63) is 93.5 Å². The van der Waals surface area contributed by atoms with Crippen molar-refractivity contribution < 1.29 is 18.0 Å². The molecule has 0 aliphatic heterocycles. The molecule has 3 aromatic rings. The van der Waals surface area contributed by atoms with Crippen LogP contribution in [0.15, 0.2) is 71.6 Å². The normalized spacial score (nSPS) is 12.1. The first-order valence-electron chi connectivity index (χ1n) is 13.1. The van der Waals surface area contributed by atoms with Gasteiger partial charge in [-0.15, -0.1) is 0 Å². The Kier molecular flexibility index (Phi) is 11.0. The van der Waals surface area contributed by atoms with Crippen molar-refractivity contribution in [3.8, 4) is 0 Å². The molecule has 0 aliphatic rings. The molecule has 2 amide bonds. The monoisotopic (exact) mass is 603 g/mol. The zero-order valence-corrected chi connectivity index (χ0v) is 25.5. The second-order valence-corrected chi connectivity index (χ2v) is 12.3. The fraction of sp³-hybridized carbons (Fsp3) is 0.333. The molecule has 3 rings (SSSR count). The SMILES string of the molecule is CCCNC(=O)C(CC)N(Cc1cccc(C)c1)C(=O)CN(c1ccc(Cl)c(Cl)c1)S(=O)(=O)c1ccc(C)cc1. The largest absolute Gasteiger partial charge is 0.354 e. The summed E-state index contributed by atoms with van der Waals surface area (Å²) in [7, 11) is -4.19. The fourth-order valence-electron chi connectivity index (χ4n) is 4.30. The van der Waals surface area contributed by atoms with E-state index in [-0.39, 0.29) is 33.1 Å². The molecule has 1 unspecified atom stereocenters. The van der Waals surface area contributed by atoms with Crippen LogP contribution in [0.25, 0.3) is 0 Å². The van der Waals surface area contributed by atoms with Gasteiger partial charge in [-0.25, -0.2) is 8.42 Å². The van der Waals surface area contributed by atoms with Gasteiger partial charge in [-0.05, 0) is 62.6 Å². The van der Waals surface area contributed by atoms with E-state index in [0.717, 1.165) is 27.4 Å². The van der Waals surface area contributed by atoms with Crippen molar-refractivity contribution in [2.45, 2.75) is 58.0 Å². The standard InChI is InChI=1S/C30H35Cl2N3O4S/c1-5-16-33-30(37)28(6-2)34(19-23-9-7-8-22(4)17-23)29(36)20-35(24-12-15-26(31)27(32)18-24)40(38,39)25-13-10-21(3)11-14-25/h7-15,17-18,28H,5-6,16,19-20H2,1-4H3,(H,33,37). The molecule has 0 bridgehead atoms. The summed E-state index contributed by atoms with van der Waals surface area (Å²) >= 11 is 12.4. The van der Waals surface area contributed by atoms with Crippen LogP contribution in [-0.4, -0.2) is 44.3 Å². The average molecular weight is 605 g/mol. The number of carbonyl (C=O) groups excluding carboxylic acids is 2. The van der Waals surface area contributed by atoms with E-state index in [1.165, 1.54) is 35.2 Å². The third-order valence-electron chi connectivity index (χ3n) is 6.45. The van der Waals surface area contributed by atoms with Crippen LogP contribution in [0, 0.1) is 13.8 Å². The number of benzene rings is 3. The molecule has 0 saturated carbocycles. The number of nitrogens with zero attached hydrogens (tertiary/aromatic N) is 2. The van der Waals surface area contributed by atoms with Gasteiger partial charge in [0.2, 0.25) is 11.8 Å². The lowest BCUT2D eigenvalue weighted by molar-refractivity contribution is -0.140. The van der Waals surface area contributed by atoms with Crippen molar-refractivity contribution in [1.29, 1.82) is 0 Å². The number of nitrogens with one attached hydrogen (secondary N) is 1. The minimum absolute atomic E-state index is 0.0231. The topological polar surface area (TPSA) is 86.8 Å². The minimum Gasteiger partial charge on any atom is -0.354 e. The van der Waals surface area contributed by atoms with Gasteiger partial charge in [-0.1, -0.05) is 84.6 Å². The summed E-state index contributed by atoms with van der Waals surface area (Å²) in [5, 5.41) is 3.28. The average Bonchev–Trinajstić information content (AvgIpc) is 2.92. The first-order valence-corrected chi connectivity index (χ1v) is 15.3. The van der Waals surface area contributed by atoms with E-state index in [1.54, 1.807) is 12.1 Å². The van der Waals surface area contributed by atoms with Crippen LogP contribution in [0.3, 0.4) is 0 Å². The number of rotatable bonds is 12. The van der Waals surface area contributed by atoms with Gasteiger partial charge in [0.05, 0.1) is 20.6 Å². The quantitative estimate of drug-likeness (QED) is 0.269. The van der Waals surface area contributed by atoms with Gasteiger partial charge in [0, 0.05) is 13.1 Å². The van der Waals surface area contributed by atoms with Crippen molar-refractivity contribution in [3.63, 3.8) is 0 Å². The fourth-order valence-corrected chi connectivity index (χ4v) is 6.00. The summed E-state index contributed by atoms with van der Waals surface area (Å²) < 4.78 is 28.8. The summed E-state index contributed by atoms with van der Waals surface area (Å²) in [6.45, 7) is 7.64. The van der Waals surface area contributed by atoms with Crippen molar-refractivity contribution in [2.75, 3.05) is 17.4 Å². The number of halogens is 2. The number of hydrogen-bond acceptors (Lipinski definition) is 4. The lowest BCUT2D eigenvalue weighted by atomic mass is 10.1. The summed E-state index contributed by atoms with van der Waals surface area (Å²) in [6, 6.07) is 17.6. The molecule has 0 saturated heterocycles. The van der Waals surface area contributed by atoms with E-state index < -0.39 is 28.5 Å². The molecule has 1 N–H and O–H groups in total. The molecule has 1 atom stereocenters. The van der Waals surface area contributed by atoms with Crippen LogP contribution in [0.4, 0.5) is 5.69 Å².